The molecule has 1 amide bonds. The van der Waals surface area contributed by atoms with Crippen molar-refractivity contribution in [2.45, 2.75) is 26.3 Å². The van der Waals surface area contributed by atoms with Crippen LogP contribution in [0.5, 0.6) is 5.75 Å². The lowest BCUT2D eigenvalue weighted by Gasteiger charge is -2.16. The summed E-state index contributed by atoms with van der Waals surface area (Å²) in [5.41, 5.74) is 4.68. The Morgan fingerprint density at radius 1 is 0.970 bits per heavy atom. The number of carbonyl (C=O) groups is 1. The molecule has 1 aromatic heterocycles. The first-order chi connectivity index (χ1) is 16.1. The van der Waals surface area contributed by atoms with E-state index in [2.05, 4.69) is 34.7 Å². The molecule has 0 aliphatic heterocycles. The first-order valence-electron chi connectivity index (χ1n) is 11.0. The molecule has 0 aliphatic rings. The van der Waals surface area contributed by atoms with Gasteiger partial charge in [0, 0.05) is 22.8 Å². The molecule has 1 atom stereocenters. The van der Waals surface area contributed by atoms with Gasteiger partial charge in [-0.2, -0.15) is 0 Å². The largest absolute Gasteiger partial charge is 0.493 e. The van der Waals surface area contributed by atoms with Crippen molar-refractivity contribution in [2.75, 3.05) is 17.2 Å². The van der Waals surface area contributed by atoms with E-state index in [1.165, 1.54) is 16.9 Å². The lowest BCUT2D eigenvalue weighted by Crippen LogP contribution is -2.14. The van der Waals surface area contributed by atoms with Crippen LogP contribution in [-0.2, 0) is 11.2 Å². The quantitative estimate of drug-likeness (QED) is 0.299. The molecule has 3 aromatic carbocycles. The lowest BCUT2D eigenvalue weighted by molar-refractivity contribution is -0.115. The Morgan fingerprint density at radius 2 is 1.67 bits per heavy atom. The van der Waals surface area contributed by atoms with Crippen LogP contribution in [0.2, 0.25) is 0 Å². The van der Waals surface area contributed by atoms with Crippen molar-refractivity contribution < 1.29 is 9.53 Å². The fraction of sp³-hybridized carbons (Fsp3) is 0.185. The molecule has 6 heteroatoms. The van der Waals surface area contributed by atoms with Crippen LogP contribution in [0.3, 0.4) is 0 Å². The number of thiazole rings is 1. The van der Waals surface area contributed by atoms with Crippen LogP contribution in [0.4, 0.5) is 11.4 Å². The number of hydrogen-bond donors (Lipinski definition) is 2. The summed E-state index contributed by atoms with van der Waals surface area (Å²) in [5.74, 6) is 0.712. The van der Waals surface area contributed by atoms with E-state index in [4.69, 9.17) is 4.74 Å². The molecular formula is C27H27N3O2S. The maximum atomic E-state index is 12.6. The average molecular weight is 458 g/mol. The van der Waals surface area contributed by atoms with Gasteiger partial charge in [0.1, 0.15) is 10.8 Å². The molecule has 1 unspecified atom stereocenters. The van der Waals surface area contributed by atoms with Gasteiger partial charge in [-0.1, -0.05) is 42.5 Å². The highest BCUT2D eigenvalue weighted by Crippen LogP contribution is 2.32. The van der Waals surface area contributed by atoms with E-state index in [9.17, 15) is 4.79 Å². The van der Waals surface area contributed by atoms with E-state index >= 15 is 0 Å². The van der Waals surface area contributed by atoms with Gasteiger partial charge in [-0.05, 0) is 55.8 Å². The van der Waals surface area contributed by atoms with Gasteiger partial charge >= 0.3 is 0 Å². The molecule has 0 radical (unpaired) electrons. The molecule has 5 nitrogen and oxygen atoms in total. The van der Waals surface area contributed by atoms with E-state index < -0.39 is 0 Å². The predicted octanol–water partition coefficient (Wildman–Crippen LogP) is 6.56. The molecule has 33 heavy (non-hydrogen) atoms. The zero-order valence-electron chi connectivity index (χ0n) is 18.7. The number of benzene rings is 3. The molecule has 168 valence electrons. The van der Waals surface area contributed by atoms with Gasteiger partial charge in [0.25, 0.3) is 0 Å². The molecule has 4 rings (SSSR count). The van der Waals surface area contributed by atoms with Gasteiger partial charge in [-0.15, -0.1) is 11.3 Å². The standard InChI is InChI=1S/C27H27N3O2S/c1-3-32-25-12-8-7-11-24(25)27-30-23(18-33-27)17-26(31)29-22-15-13-21(14-16-22)28-19(2)20-9-5-4-6-10-20/h4-16,18-19,28H,3,17H2,1-2H3,(H,29,31). The number of ether oxygens (including phenoxy) is 1. The molecular weight excluding hydrogens is 430 g/mol. The second-order valence-electron chi connectivity index (χ2n) is 7.65. The maximum absolute atomic E-state index is 12.6. The van der Waals surface area contributed by atoms with Crippen LogP contribution in [-0.4, -0.2) is 17.5 Å². The minimum atomic E-state index is -0.0942. The topological polar surface area (TPSA) is 63.2 Å². The van der Waals surface area contributed by atoms with E-state index in [0.717, 1.165) is 33.4 Å². The highest BCUT2D eigenvalue weighted by molar-refractivity contribution is 7.13. The van der Waals surface area contributed by atoms with Crippen LogP contribution < -0.4 is 15.4 Å². The van der Waals surface area contributed by atoms with Crippen LogP contribution in [0, 0.1) is 0 Å². The molecule has 4 aromatic rings. The van der Waals surface area contributed by atoms with Crippen LogP contribution in [0.1, 0.15) is 31.1 Å². The fourth-order valence-electron chi connectivity index (χ4n) is 3.53. The maximum Gasteiger partial charge on any atom is 0.230 e. The third kappa shape index (κ3) is 5.99. The first kappa shape index (κ1) is 22.6. The molecule has 0 aliphatic carbocycles. The Labute approximate surface area is 198 Å². The lowest BCUT2D eigenvalue weighted by atomic mass is 10.1. The molecule has 0 fully saturated rings. The second kappa shape index (κ2) is 10.8. The monoisotopic (exact) mass is 457 g/mol. The summed E-state index contributed by atoms with van der Waals surface area (Å²) >= 11 is 1.52. The van der Waals surface area contributed by atoms with Crippen molar-refractivity contribution in [1.29, 1.82) is 0 Å². The fourth-order valence-corrected chi connectivity index (χ4v) is 4.38. The van der Waals surface area contributed by atoms with Gasteiger partial charge in [-0.25, -0.2) is 4.98 Å². The summed E-state index contributed by atoms with van der Waals surface area (Å²) in [7, 11) is 0. The van der Waals surface area contributed by atoms with Gasteiger partial charge in [0.15, 0.2) is 0 Å². The highest BCUT2D eigenvalue weighted by atomic mass is 32.1. The van der Waals surface area contributed by atoms with Gasteiger partial charge in [0.2, 0.25) is 5.91 Å². The minimum Gasteiger partial charge on any atom is -0.493 e. The van der Waals surface area contributed by atoms with Crippen LogP contribution in [0.15, 0.2) is 84.2 Å². The molecule has 0 spiro atoms. The van der Waals surface area contributed by atoms with Crippen molar-refractivity contribution in [3.63, 3.8) is 0 Å². The van der Waals surface area contributed by atoms with Gasteiger partial charge in [-0.3, -0.25) is 4.79 Å². The molecule has 0 saturated heterocycles. The Balaban J connectivity index is 1.34. The Hall–Kier alpha value is -3.64. The number of rotatable bonds is 9. The van der Waals surface area contributed by atoms with E-state index in [0.29, 0.717) is 6.61 Å². The van der Waals surface area contributed by atoms with Crippen LogP contribution in [0.25, 0.3) is 10.6 Å². The third-order valence-corrected chi connectivity index (χ3v) is 6.09. The Bertz CT molecular complexity index is 1190. The van der Waals surface area contributed by atoms with Crippen molar-refractivity contribution in [3.8, 4) is 16.3 Å². The summed E-state index contributed by atoms with van der Waals surface area (Å²) < 4.78 is 5.70. The second-order valence-corrected chi connectivity index (χ2v) is 8.51. The number of aromatic nitrogens is 1. The van der Waals surface area contributed by atoms with E-state index in [1.54, 1.807) is 0 Å². The van der Waals surface area contributed by atoms with E-state index in [1.807, 2.05) is 79.0 Å². The number of hydrogen-bond acceptors (Lipinski definition) is 5. The Morgan fingerprint density at radius 3 is 2.42 bits per heavy atom. The summed E-state index contributed by atoms with van der Waals surface area (Å²) in [5, 5.41) is 9.21. The SMILES string of the molecule is CCOc1ccccc1-c1nc(CC(=O)Nc2ccc(NC(C)c3ccccc3)cc2)cs1. The highest BCUT2D eigenvalue weighted by Gasteiger charge is 2.13. The number of amides is 1. The summed E-state index contributed by atoms with van der Waals surface area (Å²) in [6, 6.07) is 26.1. The third-order valence-electron chi connectivity index (χ3n) is 5.16. The zero-order chi connectivity index (χ0) is 23.0. The zero-order valence-corrected chi connectivity index (χ0v) is 19.6. The van der Waals surface area contributed by atoms with E-state index in [-0.39, 0.29) is 18.4 Å². The van der Waals surface area contributed by atoms with Crippen molar-refractivity contribution in [3.05, 3.63) is 95.5 Å². The molecule has 0 bridgehead atoms. The van der Waals surface area contributed by atoms with Crippen molar-refractivity contribution >= 4 is 28.6 Å². The van der Waals surface area contributed by atoms with Gasteiger partial charge in [0.05, 0.1) is 24.3 Å². The average Bonchev–Trinajstić information content (AvgIpc) is 3.29. The predicted molar refractivity (Wildman–Crippen MR) is 136 cm³/mol. The minimum absolute atomic E-state index is 0.0942. The number of para-hydroxylation sites is 1. The van der Waals surface area contributed by atoms with Crippen molar-refractivity contribution in [2.24, 2.45) is 0 Å². The van der Waals surface area contributed by atoms with Crippen LogP contribution >= 0.6 is 11.3 Å². The Kier molecular flexibility index (Phi) is 7.37. The van der Waals surface area contributed by atoms with Gasteiger partial charge < -0.3 is 15.4 Å². The number of nitrogens with zero attached hydrogens (tertiary/aromatic N) is 1. The first-order valence-corrected chi connectivity index (χ1v) is 11.9. The molecule has 1 heterocycles. The smallest absolute Gasteiger partial charge is 0.230 e. The molecule has 0 saturated carbocycles. The number of carbonyl (C=O) groups excluding carboxylic acids is 1. The summed E-state index contributed by atoms with van der Waals surface area (Å²) in [6.45, 7) is 4.68. The number of nitrogens with one attached hydrogen (secondary N) is 2. The summed E-state index contributed by atoms with van der Waals surface area (Å²) in [6.07, 6.45) is 0.221. The summed E-state index contributed by atoms with van der Waals surface area (Å²) in [4.78, 5) is 17.2. The van der Waals surface area contributed by atoms with Crippen molar-refractivity contribution in [1.82, 2.24) is 4.98 Å². The molecule has 2 N–H and O–H groups in total. The normalized spacial score (nSPS) is 11.6. The number of anilines is 2.